The van der Waals surface area contributed by atoms with Gasteiger partial charge in [-0.05, 0) is 31.4 Å². The number of aryl methyl sites for hydroxylation is 1. The molecule has 0 atom stereocenters. The van der Waals surface area contributed by atoms with Crippen LogP contribution in [0.1, 0.15) is 51.1 Å². The summed E-state index contributed by atoms with van der Waals surface area (Å²) in [6, 6.07) is 5.35. The molecule has 26 heavy (non-hydrogen) atoms. The van der Waals surface area contributed by atoms with Crippen LogP contribution in [0, 0.1) is 0 Å². The number of pyridine rings is 1. The quantitative estimate of drug-likeness (QED) is 0.586. The van der Waals surface area contributed by atoms with Crippen LogP contribution in [0.25, 0.3) is 11.4 Å². The summed E-state index contributed by atoms with van der Waals surface area (Å²) in [7, 11) is 0. The first kappa shape index (κ1) is 18.6. The van der Waals surface area contributed by atoms with Crippen LogP contribution >= 0.6 is 0 Å². The maximum atomic E-state index is 11.7. The third-order valence-electron chi connectivity index (χ3n) is 4.76. The van der Waals surface area contributed by atoms with Crippen LogP contribution < -0.4 is 10.9 Å². The fourth-order valence-corrected chi connectivity index (χ4v) is 3.28. The summed E-state index contributed by atoms with van der Waals surface area (Å²) < 4.78 is 5.98. The standard InChI is InChI=1S/C20H28N4O2/c1-2-16-13-19(25)24-20(23-16)15-9-10-18(22-14-15)21-11-12-26-17-7-5-3-4-6-8-17/h9-10,13-14,17H,2-8,11-12H2,1H3,(H,21,22)(H,23,24,25). The molecule has 1 saturated carbocycles. The van der Waals surface area contributed by atoms with E-state index in [0.717, 1.165) is 30.0 Å². The molecule has 2 N–H and O–H groups in total. The number of hydrogen-bond acceptors (Lipinski definition) is 5. The number of nitrogens with one attached hydrogen (secondary N) is 2. The van der Waals surface area contributed by atoms with Crippen LogP contribution in [-0.2, 0) is 11.2 Å². The van der Waals surface area contributed by atoms with Gasteiger partial charge in [-0.25, -0.2) is 9.97 Å². The second-order valence-corrected chi connectivity index (χ2v) is 6.78. The lowest BCUT2D eigenvalue weighted by atomic mass is 10.1. The Labute approximate surface area is 154 Å². The predicted octanol–water partition coefficient (Wildman–Crippen LogP) is 3.55. The summed E-state index contributed by atoms with van der Waals surface area (Å²) >= 11 is 0. The molecule has 2 heterocycles. The van der Waals surface area contributed by atoms with Crippen LogP contribution in [0.5, 0.6) is 0 Å². The zero-order chi connectivity index (χ0) is 18.2. The topological polar surface area (TPSA) is 79.9 Å². The molecular weight excluding hydrogens is 328 g/mol. The van der Waals surface area contributed by atoms with Gasteiger partial charge in [0.2, 0.25) is 0 Å². The summed E-state index contributed by atoms with van der Waals surface area (Å²) in [6.07, 6.45) is 10.5. The summed E-state index contributed by atoms with van der Waals surface area (Å²) in [5, 5.41) is 3.28. The normalized spacial score (nSPS) is 15.6. The number of aromatic amines is 1. The van der Waals surface area contributed by atoms with Crippen molar-refractivity contribution in [3.8, 4) is 11.4 Å². The van der Waals surface area contributed by atoms with Gasteiger partial charge in [0.05, 0.1) is 12.7 Å². The lowest BCUT2D eigenvalue weighted by molar-refractivity contribution is 0.0501. The van der Waals surface area contributed by atoms with Gasteiger partial charge < -0.3 is 15.0 Å². The molecule has 0 amide bonds. The van der Waals surface area contributed by atoms with Crippen LogP contribution in [0.2, 0.25) is 0 Å². The first-order valence-electron chi connectivity index (χ1n) is 9.66. The third kappa shape index (κ3) is 5.39. The van der Waals surface area contributed by atoms with E-state index in [1.807, 2.05) is 19.1 Å². The van der Waals surface area contributed by atoms with Gasteiger partial charge in [-0.15, -0.1) is 0 Å². The number of nitrogens with zero attached hydrogens (tertiary/aromatic N) is 2. The maximum Gasteiger partial charge on any atom is 0.251 e. The maximum absolute atomic E-state index is 11.7. The molecule has 0 aliphatic heterocycles. The molecule has 1 aliphatic rings. The van der Waals surface area contributed by atoms with Gasteiger partial charge >= 0.3 is 0 Å². The molecule has 140 valence electrons. The molecule has 0 radical (unpaired) electrons. The molecule has 0 unspecified atom stereocenters. The average molecular weight is 356 g/mol. The van der Waals surface area contributed by atoms with E-state index in [1.54, 1.807) is 6.20 Å². The smallest absolute Gasteiger partial charge is 0.251 e. The Hall–Kier alpha value is -2.21. The van der Waals surface area contributed by atoms with Crippen LogP contribution in [0.15, 0.2) is 29.2 Å². The Kier molecular flexibility index (Phi) is 6.77. The molecule has 1 aliphatic carbocycles. The van der Waals surface area contributed by atoms with Gasteiger partial charge in [0.15, 0.2) is 0 Å². The molecule has 6 heteroatoms. The zero-order valence-electron chi connectivity index (χ0n) is 15.5. The van der Waals surface area contributed by atoms with E-state index in [-0.39, 0.29) is 5.56 Å². The summed E-state index contributed by atoms with van der Waals surface area (Å²) in [5.74, 6) is 1.36. The van der Waals surface area contributed by atoms with Crippen molar-refractivity contribution in [3.63, 3.8) is 0 Å². The third-order valence-corrected chi connectivity index (χ3v) is 4.76. The monoisotopic (exact) mass is 356 g/mol. The van der Waals surface area contributed by atoms with Gasteiger partial charge in [0.1, 0.15) is 11.6 Å². The minimum Gasteiger partial charge on any atom is -0.376 e. The number of anilines is 1. The second-order valence-electron chi connectivity index (χ2n) is 6.78. The molecule has 0 spiro atoms. The van der Waals surface area contributed by atoms with E-state index >= 15 is 0 Å². The number of H-pyrrole nitrogens is 1. The van der Waals surface area contributed by atoms with Crippen molar-refractivity contribution in [2.24, 2.45) is 0 Å². The highest BCUT2D eigenvalue weighted by Gasteiger charge is 2.12. The van der Waals surface area contributed by atoms with Crippen molar-refractivity contribution in [3.05, 3.63) is 40.4 Å². The van der Waals surface area contributed by atoms with Gasteiger partial charge in [0.25, 0.3) is 5.56 Å². The van der Waals surface area contributed by atoms with E-state index < -0.39 is 0 Å². The molecule has 6 nitrogen and oxygen atoms in total. The number of aromatic nitrogens is 3. The van der Waals surface area contributed by atoms with Gasteiger partial charge in [-0.1, -0.05) is 32.6 Å². The van der Waals surface area contributed by atoms with E-state index in [9.17, 15) is 4.79 Å². The van der Waals surface area contributed by atoms with Gasteiger partial charge in [-0.2, -0.15) is 0 Å². The summed E-state index contributed by atoms with van der Waals surface area (Å²) in [4.78, 5) is 23.3. The molecule has 3 rings (SSSR count). The lowest BCUT2D eigenvalue weighted by Gasteiger charge is -2.15. The predicted molar refractivity (Wildman–Crippen MR) is 103 cm³/mol. The lowest BCUT2D eigenvalue weighted by Crippen LogP contribution is -2.18. The number of ether oxygens (including phenoxy) is 1. The molecule has 2 aromatic heterocycles. The van der Waals surface area contributed by atoms with E-state index in [0.29, 0.717) is 18.5 Å². The fourth-order valence-electron chi connectivity index (χ4n) is 3.28. The van der Waals surface area contributed by atoms with Crippen molar-refractivity contribution in [2.45, 2.75) is 58.0 Å². The first-order valence-corrected chi connectivity index (χ1v) is 9.66. The highest BCUT2D eigenvalue weighted by molar-refractivity contribution is 5.55. The van der Waals surface area contributed by atoms with E-state index in [1.165, 1.54) is 44.6 Å². The van der Waals surface area contributed by atoms with Crippen LogP contribution in [0.3, 0.4) is 0 Å². The largest absolute Gasteiger partial charge is 0.376 e. The highest BCUT2D eigenvalue weighted by atomic mass is 16.5. The van der Waals surface area contributed by atoms with Crippen molar-refractivity contribution in [2.75, 3.05) is 18.5 Å². The zero-order valence-corrected chi connectivity index (χ0v) is 15.5. The Balaban J connectivity index is 1.50. The van der Waals surface area contributed by atoms with Gasteiger partial charge in [0, 0.05) is 30.1 Å². The van der Waals surface area contributed by atoms with Crippen molar-refractivity contribution < 1.29 is 4.74 Å². The second kappa shape index (κ2) is 9.48. The number of rotatable bonds is 7. The van der Waals surface area contributed by atoms with E-state index in [2.05, 4.69) is 20.3 Å². The van der Waals surface area contributed by atoms with Crippen molar-refractivity contribution in [1.29, 1.82) is 0 Å². The minimum atomic E-state index is -0.135. The summed E-state index contributed by atoms with van der Waals surface area (Å²) in [5.41, 5.74) is 1.45. The SMILES string of the molecule is CCc1cc(=O)[nH]c(-c2ccc(NCCOC3CCCCCC3)nc2)n1. The Morgan fingerprint density at radius 1 is 1.23 bits per heavy atom. The van der Waals surface area contributed by atoms with Gasteiger partial charge in [-0.3, -0.25) is 4.79 Å². The molecule has 0 bridgehead atoms. The van der Waals surface area contributed by atoms with Crippen molar-refractivity contribution >= 4 is 5.82 Å². The molecular formula is C20H28N4O2. The van der Waals surface area contributed by atoms with Crippen LogP contribution in [-0.4, -0.2) is 34.2 Å². The van der Waals surface area contributed by atoms with E-state index in [4.69, 9.17) is 4.74 Å². The van der Waals surface area contributed by atoms with Crippen molar-refractivity contribution in [1.82, 2.24) is 15.0 Å². The molecule has 1 fully saturated rings. The first-order chi connectivity index (χ1) is 12.7. The Bertz CT molecular complexity index is 734. The molecule has 0 aromatic carbocycles. The molecule has 0 saturated heterocycles. The molecule has 2 aromatic rings. The Morgan fingerprint density at radius 2 is 2.04 bits per heavy atom. The number of hydrogen-bond donors (Lipinski definition) is 2. The average Bonchev–Trinajstić information content (AvgIpc) is 2.94. The highest BCUT2D eigenvalue weighted by Crippen LogP contribution is 2.19. The fraction of sp³-hybridized carbons (Fsp3) is 0.550. The Morgan fingerprint density at radius 3 is 2.73 bits per heavy atom. The minimum absolute atomic E-state index is 0.135. The van der Waals surface area contributed by atoms with Crippen LogP contribution in [0.4, 0.5) is 5.82 Å². The summed E-state index contributed by atoms with van der Waals surface area (Å²) in [6.45, 7) is 3.42.